The molecule has 0 bridgehead atoms. The van der Waals surface area contributed by atoms with Crippen LogP contribution in [0.2, 0.25) is 0 Å². The lowest BCUT2D eigenvalue weighted by atomic mass is 10.1. The predicted octanol–water partition coefficient (Wildman–Crippen LogP) is 1.05. The number of nitrogens with zero attached hydrogens (tertiary/aromatic N) is 3. The van der Waals surface area contributed by atoms with Crippen LogP contribution in [0.4, 0.5) is 5.69 Å². The summed E-state index contributed by atoms with van der Waals surface area (Å²) in [5, 5.41) is 20.0. The molecule has 1 aliphatic rings. The first-order chi connectivity index (χ1) is 11.0. The monoisotopic (exact) mass is 321 g/mol. The number of carbonyl (C=O) groups excluding carboxylic acids is 1. The highest BCUT2D eigenvalue weighted by atomic mass is 16.6. The van der Waals surface area contributed by atoms with E-state index < -0.39 is 4.92 Å². The fourth-order valence-corrected chi connectivity index (χ4v) is 2.86. The van der Waals surface area contributed by atoms with E-state index in [9.17, 15) is 20.0 Å². The van der Waals surface area contributed by atoms with Gasteiger partial charge in [0.2, 0.25) is 5.91 Å². The quantitative estimate of drug-likeness (QED) is 0.625. The number of hydrogen-bond acceptors (Lipinski definition) is 5. The Morgan fingerprint density at radius 1 is 1.26 bits per heavy atom. The fourth-order valence-electron chi connectivity index (χ4n) is 2.86. The van der Waals surface area contributed by atoms with Crippen molar-refractivity contribution in [2.24, 2.45) is 0 Å². The van der Waals surface area contributed by atoms with Crippen LogP contribution in [0.3, 0.4) is 0 Å². The Morgan fingerprint density at radius 2 is 1.87 bits per heavy atom. The molecule has 7 nitrogen and oxygen atoms in total. The first-order valence-corrected chi connectivity index (χ1v) is 7.91. The Kier molecular flexibility index (Phi) is 6.06. The van der Waals surface area contributed by atoms with Crippen LogP contribution < -0.4 is 0 Å². The summed E-state index contributed by atoms with van der Waals surface area (Å²) in [6, 6.07) is 6.28. The summed E-state index contributed by atoms with van der Waals surface area (Å²) in [4.78, 5) is 26.5. The summed E-state index contributed by atoms with van der Waals surface area (Å²) in [5.41, 5.74) is 0.814. The number of rotatable bonds is 6. The lowest BCUT2D eigenvalue weighted by Crippen LogP contribution is -2.53. The van der Waals surface area contributed by atoms with Crippen molar-refractivity contribution in [2.75, 3.05) is 32.8 Å². The first-order valence-electron chi connectivity index (χ1n) is 7.91. The molecule has 0 aliphatic carbocycles. The molecule has 0 spiro atoms. The lowest BCUT2D eigenvalue weighted by molar-refractivity contribution is -0.384. The number of aliphatic hydroxyl groups is 1. The van der Waals surface area contributed by atoms with E-state index in [1.807, 2.05) is 11.8 Å². The van der Waals surface area contributed by atoms with Gasteiger partial charge in [0.1, 0.15) is 0 Å². The molecule has 0 radical (unpaired) electrons. The molecule has 0 saturated carbocycles. The molecule has 7 heteroatoms. The van der Waals surface area contributed by atoms with Gasteiger partial charge in [-0.05, 0) is 12.0 Å². The highest BCUT2D eigenvalue weighted by Crippen LogP contribution is 2.14. The van der Waals surface area contributed by atoms with Crippen LogP contribution in [0.5, 0.6) is 0 Å². The third-order valence-corrected chi connectivity index (χ3v) is 4.37. The molecule has 1 unspecified atom stereocenters. The molecule has 1 fully saturated rings. The highest BCUT2D eigenvalue weighted by Gasteiger charge is 2.24. The maximum atomic E-state index is 12.3. The molecule has 1 heterocycles. The third-order valence-electron chi connectivity index (χ3n) is 4.37. The molecule has 1 amide bonds. The number of nitro groups is 1. The maximum Gasteiger partial charge on any atom is 0.269 e. The molecule has 1 saturated heterocycles. The minimum absolute atomic E-state index is 0.0319. The van der Waals surface area contributed by atoms with Crippen LogP contribution in [0.15, 0.2) is 24.3 Å². The molecule has 1 N–H and O–H groups in total. The van der Waals surface area contributed by atoms with Crippen molar-refractivity contribution >= 4 is 11.6 Å². The second-order valence-electron chi connectivity index (χ2n) is 5.76. The van der Waals surface area contributed by atoms with E-state index in [1.165, 1.54) is 12.1 Å². The molecule has 1 aromatic carbocycles. The summed E-state index contributed by atoms with van der Waals surface area (Å²) in [6.45, 7) is 5.04. The van der Waals surface area contributed by atoms with Gasteiger partial charge < -0.3 is 10.0 Å². The zero-order valence-corrected chi connectivity index (χ0v) is 13.4. The maximum absolute atomic E-state index is 12.3. The summed E-state index contributed by atoms with van der Waals surface area (Å²) >= 11 is 0. The van der Waals surface area contributed by atoms with E-state index in [-0.39, 0.29) is 30.7 Å². The number of carbonyl (C=O) groups is 1. The molecule has 1 aromatic rings. The van der Waals surface area contributed by atoms with E-state index in [0.29, 0.717) is 13.1 Å². The Labute approximate surface area is 135 Å². The van der Waals surface area contributed by atoms with Gasteiger partial charge in [-0.15, -0.1) is 0 Å². The second kappa shape index (κ2) is 8.03. The minimum atomic E-state index is -0.448. The van der Waals surface area contributed by atoms with Gasteiger partial charge >= 0.3 is 0 Å². The van der Waals surface area contributed by atoms with Crippen molar-refractivity contribution < 1.29 is 14.8 Å². The molecule has 2 rings (SSSR count). The van der Waals surface area contributed by atoms with Crippen LogP contribution in [0.25, 0.3) is 0 Å². The van der Waals surface area contributed by atoms with E-state index in [1.54, 1.807) is 12.1 Å². The van der Waals surface area contributed by atoms with Gasteiger partial charge in [0.15, 0.2) is 0 Å². The summed E-state index contributed by atoms with van der Waals surface area (Å²) in [5.74, 6) is 0.0375. The van der Waals surface area contributed by atoms with Crippen molar-refractivity contribution in [1.82, 2.24) is 9.80 Å². The van der Waals surface area contributed by atoms with Gasteiger partial charge in [-0.2, -0.15) is 0 Å². The molecule has 126 valence electrons. The summed E-state index contributed by atoms with van der Waals surface area (Å²) < 4.78 is 0. The molecule has 0 aromatic heterocycles. The first kappa shape index (κ1) is 17.4. The Balaban J connectivity index is 1.86. The second-order valence-corrected chi connectivity index (χ2v) is 5.76. The molecular formula is C16H23N3O4. The summed E-state index contributed by atoms with van der Waals surface area (Å²) in [7, 11) is 0. The number of hydrogen-bond donors (Lipinski definition) is 1. The van der Waals surface area contributed by atoms with E-state index in [2.05, 4.69) is 4.90 Å². The smallest absolute Gasteiger partial charge is 0.269 e. The van der Waals surface area contributed by atoms with Gasteiger partial charge in [-0.1, -0.05) is 19.1 Å². The van der Waals surface area contributed by atoms with E-state index >= 15 is 0 Å². The SMILES string of the molecule is CCC(CO)N1CCN(C(=O)Cc2ccc([N+](=O)[O-])cc2)CC1. The topological polar surface area (TPSA) is 86.9 Å². The Hall–Kier alpha value is -1.99. The predicted molar refractivity (Wildman–Crippen MR) is 86.1 cm³/mol. The van der Waals surface area contributed by atoms with Gasteiger partial charge in [-0.25, -0.2) is 0 Å². The van der Waals surface area contributed by atoms with Crippen LogP contribution in [0, 0.1) is 10.1 Å². The number of amides is 1. The Bertz CT molecular complexity index is 535. The average Bonchev–Trinajstić information content (AvgIpc) is 2.57. The van der Waals surface area contributed by atoms with Crippen LogP contribution in [-0.2, 0) is 11.2 Å². The van der Waals surface area contributed by atoms with Gasteiger partial charge in [-0.3, -0.25) is 19.8 Å². The molecule has 1 atom stereocenters. The van der Waals surface area contributed by atoms with Gasteiger partial charge in [0, 0.05) is 44.4 Å². The Morgan fingerprint density at radius 3 is 2.35 bits per heavy atom. The minimum Gasteiger partial charge on any atom is -0.395 e. The van der Waals surface area contributed by atoms with Crippen molar-refractivity contribution in [3.05, 3.63) is 39.9 Å². The van der Waals surface area contributed by atoms with Crippen LogP contribution in [-0.4, -0.2) is 64.6 Å². The fraction of sp³-hybridized carbons (Fsp3) is 0.562. The number of benzene rings is 1. The van der Waals surface area contributed by atoms with Gasteiger partial charge in [0.05, 0.1) is 18.0 Å². The standard InChI is InChI=1S/C16H23N3O4/c1-2-14(12-20)17-7-9-18(10-8-17)16(21)11-13-3-5-15(6-4-13)19(22)23/h3-6,14,20H,2,7-12H2,1H3. The number of piperazine rings is 1. The molecule has 1 aliphatic heterocycles. The third kappa shape index (κ3) is 4.49. The number of non-ortho nitro benzene ring substituents is 1. The highest BCUT2D eigenvalue weighted by molar-refractivity contribution is 5.79. The zero-order chi connectivity index (χ0) is 16.8. The largest absolute Gasteiger partial charge is 0.395 e. The summed E-state index contributed by atoms with van der Waals surface area (Å²) in [6.07, 6.45) is 1.16. The zero-order valence-electron chi connectivity index (χ0n) is 13.4. The number of nitro benzene ring substituents is 1. The van der Waals surface area contributed by atoms with E-state index in [0.717, 1.165) is 25.1 Å². The lowest BCUT2D eigenvalue weighted by Gasteiger charge is -2.38. The molecular weight excluding hydrogens is 298 g/mol. The van der Waals surface area contributed by atoms with Crippen molar-refractivity contribution in [2.45, 2.75) is 25.8 Å². The van der Waals surface area contributed by atoms with Gasteiger partial charge in [0.25, 0.3) is 5.69 Å². The van der Waals surface area contributed by atoms with Crippen molar-refractivity contribution in [3.63, 3.8) is 0 Å². The van der Waals surface area contributed by atoms with E-state index in [4.69, 9.17) is 0 Å². The van der Waals surface area contributed by atoms with Crippen molar-refractivity contribution in [1.29, 1.82) is 0 Å². The number of aliphatic hydroxyl groups excluding tert-OH is 1. The average molecular weight is 321 g/mol. The van der Waals surface area contributed by atoms with Crippen LogP contribution in [0.1, 0.15) is 18.9 Å². The normalized spacial score (nSPS) is 17.0. The molecule has 23 heavy (non-hydrogen) atoms. The van der Waals surface area contributed by atoms with Crippen molar-refractivity contribution in [3.8, 4) is 0 Å². The van der Waals surface area contributed by atoms with Crippen LogP contribution >= 0.6 is 0 Å².